The van der Waals surface area contributed by atoms with Gasteiger partial charge in [-0.05, 0) is 18.2 Å². The van der Waals surface area contributed by atoms with E-state index in [1.165, 1.54) is 18.3 Å². The van der Waals surface area contributed by atoms with Gasteiger partial charge in [-0.25, -0.2) is 9.37 Å². The molecule has 1 heterocycles. The van der Waals surface area contributed by atoms with Gasteiger partial charge in [0.2, 0.25) is 0 Å². The summed E-state index contributed by atoms with van der Waals surface area (Å²) >= 11 is 5.89. The van der Waals surface area contributed by atoms with Crippen molar-refractivity contribution in [2.24, 2.45) is 0 Å². The molecule has 5 heteroatoms. The number of anilines is 1. The maximum absolute atomic E-state index is 13.5. The SMILES string of the molecule is N#Cc1ncccc1CNc1c(F)cccc1Cl. The number of pyridine rings is 1. The number of nitrogens with one attached hydrogen (secondary N) is 1. The van der Waals surface area contributed by atoms with Crippen molar-refractivity contribution in [2.45, 2.75) is 6.54 Å². The maximum atomic E-state index is 13.5. The third kappa shape index (κ3) is 2.58. The largest absolute Gasteiger partial charge is 0.377 e. The Kier molecular flexibility index (Phi) is 3.75. The Hall–Kier alpha value is -2.12. The zero-order valence-corrected chi connectivity index (χ0v) is 10.1. The molecule has 0 aliphatic carbocycles. The second-order valence-corrected chi connectivity index (χ2v) is 3.98. The standard InChI is InChI=1S/C13H9ClFN3/c14-10-4-1-5-11(15)13(10)18-8-9-3-2-6-17-12(9)7-16/h1-6,18H,8H2. The molecule has 18 heavy (non-hydrogen) atoms. The van der Waals surface area contributed by atoms with Crippen molar-refractivity contribution in [2.75, 3.05) is 5.32 Å². The fourth-order valence-electron chi connectivity index (χ4n) is 1.53. The lowest BCUT2D eigenvalue weighted by atomic mass is 10.2. The summed E-state index contributed by atoms with van der Waals surface area (Å²) in [5, 5.41) is 12.1. The highest BCUT2D eigenvalue weighted by Gasteiger charge is 2.08. The van der Waals surface area contributed by atoms with Gasteiger partial charge in [-0.2, -0.15) is 5.26 Å². The van der Waals surface area contributed by atoms with Gasteiger partial charge >= 0.3 is 0 Å². The Morgan fingerprint density at radius 1 is 1.33 bits per heavy atom. The third-order valence-electron chi connectivity index (χ3n) is 2.42. The molecule has 0 amide bonds. The van der Waals surface area contributed by atoms with Crippen molar-refractivity contribution in [3.8, 4) is 6.07 Å². The highest BCUT2D eigenvalue weighted by Crippen LogP contribution is 2.25. The minimum absolute atomic E-state index is 0.229. The first-order valence-electron chi connectivity index (χ1n) is 5.24. The first kappa shape index (κ1) is 12.3. The summed E-state index contributed by atoms with van der Waals surface area (Å²) in [5.41, 5.74) is 1.24. The van der Waals surface area contributed by atoms with Gasteiger partial charge in [0.05, 0.1) is 10.7 Å². The van der Waals surface area contributed by atoms with E-state index in [9.17, 15) is 4.39 Å². The number of hydrogen-bond acceptors (Lipinski definition) is 3. The molecule has 0 aliphatic rings. The summed E-state index contributed by atoms with van der Waals surface area (Å²) in [6.07, 6.45) is 1.54. The van der Waals surface area contributed by atoms with Crippen LogP contribution < -0.4 is 5.32 Å². The summed E-state index contributed by atoms with van der Waals surface area (Å²) in [5.74, 6) is -0.426. The van der Waals surface area contributed by atoms with Crippen molar-refractivity contribution < 1.29 is 4.39 Å². The van der Waals surface area contributed by atoms with Crippen LogP contribution in [0.5, 0.6) is 0 Å². The molecule has 0 atom stereocenters. The zero-order chi connectivity index (χ0) is 13.0. The number of halogens is 2. The fraction of sp³-hybridized carbons (Fsp3) is 0.0769. The third-order valence-corrected chi connectivity index (χ3v) is 2.73. The van der Waals surface area contributed by atoms with Crippen LogP contribution in [0, 0.1) is 17.1 Å². The molecule has 3 nitrogen and oxygen atoms in total. The quantitative estimate of drug-likeness (QED) is 0.922. The van der Waals surface area contributed by atoms with Crippen LogP contribution in [0.3, 0.4) is 0 Å². The van der Waals surface area contributed by atoms with E-state index < -0.39 is 5.82 Å². The Morgan fingerprint density at radius 3 is 2.89 bits per heavy atom. The van der Waals surface area contributed by atoms with E-state index in [1.807, 2.05) is 6.07 Å². The molecule has 1 aromatic heterocycles. The molecular formula is C13H9ClFN3. The lowest BCUT2D eigenvalue weighted by Gasteiger charge is -2.09. The molecule has 0 bridgehead atoms. The molecule has 1 aromatic carbocycles. The Bertz CT molecular complexity index is 587. The second-order valence-electron chi connectivity index (χ2n) is 3.57. The monoisotopic (exact) mass is 261 g/mol. The summed E-state index contributed by atoms with van der Waals surface area (Å²) < 4.78 is 13.5. The average molecular weight is 262 g/mol. The molecule has 2 rings (SSSR count). The fourth-order valence-corrected chi connectivity index (χ4v) is 1.76. The predicted molar refractivity (Wildman–Crippen MR) is 67.7 cm³/mol. The van der Waals surface area contributed by atoms with Crippen LogP contribution >= 0.6 is 11.6 Å². The number of para-hydroxylation sites is 1. The van der Waals surface area contributed by atoms with Gasteiger partial charge in [0.25, 0.3) is 0 Å². The molecule has 0 aliphatic heterocycles. The van der Waals surface area contributed by atoms with Crippen LogP contribution in [-0.4, -0.2) is 4.98 Å². The van der Waals surface area contributed by atoms with E-state index in [1.54, 1.807) is 18.2 Å². The first-order chi connectivity index (χ1) is 8.72. The minimum Gasteiger partial charge on any atom is -0.377 e. The van der Waals surface area contributed by atoms with E-state index in [4.69, 9.17) is 16.9 Å². The summed E-state index contributed by atoms with van der Waals surface area (Å²) in [6.45, 7) is 0.289. The van der Waals surface area contributed by atoms with Crippen molar-refractivity contribution >= 4 is 17.3 Å². The molecule has 0 spiro atoms. The minimum atomic E-state index is -0.426. The van der Waals surface area contributed by atoms with E-state index in [-0.39, 0.29) is 12.2 Å². The van der Waals surface area contributed by atoms with E-state index in [0.717, 1.165) is 0 Å². The zero-order valence-electron chi connectivity index (χ0n) is 9.32. The van der Waals surface area contributed by atoms with Crippen molar-refractivity contribution in [1.82, 2.24) is 4.98 Å². The van der Waals surface area contributed by atoms with E-state index in [0.29, 0.717) is 16.3 Å². The maximum Gasteiger partial charge on any atom is 0.147 e. The second kappa shape index (κ2) is 5.48. The highest BCUT2D eigenvalue weighted by molar-refractivity contribution is 6.33. The lowest BCUT2D eigenvalue weighted by molar-refractivity contribution is 0.630. The van der Waals surface area contributed by atoms with Crippen molar-refractivity contribution in [3.63, 3.8) is 0 Å². The van der Waals surface area contributed by atoms with Crippen LogP contribution in [0.1, 0.15) is 11.3 Å². The molecule has 0 saturated carbocycles. The highest BCUT2D eigenvalue weighted by atomic mass is 35.5. The summed E-state index contributed by atoms with van der Waals surface area (Å²) in [7, 11) is 0. The Labute approximate surface area is 109 Å². The Balaban J connectivity index is 2.20. The smallest absolute Gasteiger partial charge is 0.147 e. The molecule has 0 saturated heterocycles. The molecule has 0 fully saturated rings. The van der Waals surface area contributed by atoms with Gasteiger partial charge in [0, 0.05) is 18.3 Å². The summed E-state index contributed by atoms with van der Waals surface area (Å²) in [4.78, 5) is 3.93. The van der Waals surface area contributed by atoms with E-state index >= 15 is 0 Å². The Morgan fingerprint density at radius 2 is 2.17 bits per heavy atom. The van der Waals surface area contributed by atoms with Crippen LogP contribution in [0.15, 0.2) is 36.5 Å². The molecule has 0 radical (unpaired) electrons. The van der Waals surface area contributed by atoms with Gasteiger partial charge in [0.1, 0.15) is 17.6 Å². The van der Waals surface area contributed by atoms with Gasteiger partial charge in [0.15, 0.2) is 0 Å². The molecule has 0 unspecified atom stereocenters. The number of hydrogen-bond donors (Lipinski definition) is 1. The van der Waals surface area contributed by atoms with Gasteiger partial charge in [-0.1, -0.05) is 23.7 Å². The summed E-state index contributed by atoms with van der Waals surface area (Å²) in [6, 6.07) is 9.92. The molecular weight excluding hydrogens is 253 g/mol. The van der Waals surface area contributed by atoms with Crippen LogP contribution in [0.25, 0.3) is 0 Å². The van der Waals surface area contributed by atoms with Crippen LogP contribution in [0.2, 0.25) is 5.02 Å². The van der Waals surface area contributed by atoms with Gasteiger partial charge in [-0.15, -0.1) is 0 Å². The van der Waals surface area contributed by atoms with Crippen LogP contribution in [-0.2, 0) is 6.54 Å². The molecule has 2 aromatic rings. The molecule has 1 N–H and O–H groups in total. The topological polar surface area (TPSA) is 48.7 Å². The van der Waals surface area contributed by atoms with Crippen molar-refractivity contribution in [1.29, 1.82) is 5.26 Å². The van der Waals surface area contributed by atoms with E-state index in [2.05, 4.69) is 10.3 Å². The van der Waals surface area contributed by atoms with Crippen LogP contribution in [0.4, 0.5) is 10.1 Å². The van der Waals surface area contributed by atoms with Gasteiger partial charge in [-0.3, -0.25) is 0 Å². The number of aromatic nitrogens is 1. The first-order valence-corrected chi connectivity index (χ1v) is 5.62. The lowest BCUT2D eigenvalue weighted by Crippen LogP contribution is -2.04. The molecule has 90 valence electrons. The number of benzene rings is 1. The average Bonchev–Trinajstić information content (AvgIpc) is 2.38. The number of rotatable bonds is 3. The normalized spacial score (nSPS) is 9.83. The van der Waals surface area contributed by atoms with Crippen molar-refractivity contribution in [3.05, 3.63) is 58.6 Å². The number of nitriles is 1. The predicted octanol–water partition coefficient (Wildman–Crippen LogP) is 3.36. The number of nitrogens with zero attached hydrogens (tertiary/aromatic N) is 2. The van der Waals surface area contributed by atoms with Gasteiger partial charge < -0.3 is 5.32 Å².